The molecule has 2 atom stereocenters. The fourth-order valence-corrected chi connectivity index (χ4v) is 4.35. The molecule has 6 heteroatoms. The highest BCUT2D eigenvalue weighted by Crippen LogP contribution is 2.33. The molecule has 1 fully saturated rings. The van der Waals surface area contributed by atoms with Gasteiger partial charge in [-0.25, -0.2) is 0 Å². The van der Waals surface area contributed by atoms with Crippen molar-refractivity contribution in [2.45, 2.75) is 24.7 Å². The molecular weight excluding hydrogens is 299 g/mol. The minimum Gasteiger partial charge on any atom is -0.377 e. The van der Waals surface area contributed by atoms with Crippen molar-refractivity contribution < 1.29 is 9.53 Å². The quantitative estimate of drug-likeness (QED) is 0.782. The van der Waals surface area contributed by atoms with E-state index in [0.29, 0.717) is 25.2 Å². The Hall–Kier alpha value is 0.260. The molecule has 0 N–H and O–H groups in total. The van der Waals surface area contributed by atoms with Gasteiger partial charge < -0.3 is 4.74 Å². The second kappa shape index (κ2) is 5.93. The first-order chi connectivity index (χ1) is 8.08. The number of carbonyl (C=O) groups is 1. The van der Waals surface area contributed by atoms with Gasteiger partial charge in [-0.3, -0.25) is 4.79 Å². The first kappa shape index (κ1) is 13.7. The van der Waals surface area contributed by atoms with Crippen molar-refractivity contribution in [3.8, 4) is 0 Å². The average molecular weight is 311 g/mol. The molecule has 0 saturated carbocycles. The summed E-state index contributed by atoms with van der Waals surface area (Å²) < 4.78 is 6.49. The molecule has 1 saturated heterocycles. The highest BCUT2D eigenvalue weighted by molar-refractivity contribution is 8.00. The number of thiophene rings is 1. The fourth-order valence-electron chi connectivity index (χ4n) is 1.72. The zero-order valence-electron chi connectivity index (χ0n) is 9.24. The number of rotatable bonds is 4. The van der Waals surface area contributed by atoms with Crippen LogP contribution in [-0.2, 0) is 4.74 Å². The smallest absolute Gasteiger partial charge is 0.175 e. The molecule has 0 bridgehead atoms. The molecule has 2 rings (SSSR count). The van der Waals surface area contributed by atoms with Crippen LogP contribution in [0.3, 0.4) is 0 Å². The molecular formula is C11H12Cl2O2S2. The molecule has 0 spiro atoms. The van der Waals surface area contributed by atoms with Gasteiger partial charge in [0.25, 0.3) is 0 Å². The lowest BCUT2D eigenvalue weighted by atomic mass is 10.2. The molecule has 0 radical (unpaired) electrons. The Morgan fingerprint density at radius 2 is 2.41 bits per heavy atom. The Bertz CT molecular complexity index is 420. The molecule has 2 unspecified atom stereocenters. The van der Waals surface area contributed by atoms with Gasteiger partial charge in [-0.2, -0.15) is 0 Å². The maximum absolute atomic E-state index is 11.9. The molecule has 0 aliphatic carbocycles. The first-order valence-corrected chi connectivity index (χ1v) is 7.91. The van der Waals surface area contributed by atoms with Gasteiger partial charge in [-0.05, 0) is 19.4 Å². The highest BCUT2D eigenvalue weighted by Gasteiger charge is 2.26. The van der Waals surface area contributed by atoms with Gasteiger partial charge in [-0.15, -0.1) is 23.1 Å². The van der Waals surface area contributed by atoms with Gasteiger partial charge >= 0.3 is 0 Å². The van der Waals surface area contributed by atoms with Crippen LogP contribution in [-0.4, -0.2) is 29.5 Å². The van der Waals surface area contributed by atoms with Crippen molar-refractivity contribution in [3.63, 3.8) is 0 Å². The highest BCUT2D eigenvalue weighted by atomic mass is 35.5. The van der Waals surface area contributed by atoms with E-state index >= 15 is 0 Å². The van der Waals surface area contributed by atoms with E-state index in [9.17, 15) is 4.79 Å². The number of halogens is 2. The van der Waals surface area contributed by atoms with E-state index in [1.165, 1.54) is 11.3 Å². The third kappa shape index (κ3) is 3.38. The molecule has 0 aromatic carbocycles. The second-order valence-electron chi connectivity index (χ2n) is 3.88. The maximum atomic E-state index is 11.9. The van der Waals surface area contributed by atoms with Gasteiger partial charge in [0.15, 0.2) is 5.78 Å². The Balaban J connectivity index is 1.91. The summed E-state index contributed by atoms with van der Waals surface area (Å²) in [7, 11) is 0. The number of hydrogen-bond acceptors (Lipinski definition) is 4. The van der Waals surface area contributed by atoms with Crippen LogP contribution in [0.5, 0.6) is 0 Å². The summed E-state index contributed by atoms with van der Waals surface area (Å²) in [5.41, 5.74) is 0.542. The van der Waals surface area contributed by atoms with Crippen LogP contribution in [0, 0.1) is 0 Å². The van der Waals surface area contributed by atoms with Crippen molar-refractivity contribution in [3.05, 3.63) is 20.3 Å². The van der Waals surface area contributed by atoms with E-state index in [-0.39, 0.29) is 11.9 Å². The van der Waals surface area contributed by atoms with Gasteiger partial charge in [-0.1, -0.05) is 23.2 Å². The van der Waals surface area contributed by atoms with E-state index in [1.807, 2.05) is 6.92 Å². The Kier molecular flexibility index (Phi) is 4.78. The van der Waals surface area contributed by atoms with Crippen LogP contribution in [0.1, 0.15) is 23.7 Å². The zero-order chi connectivity index (χ0) is 12.4. The normalized spacial score (nSPS) is 24.2. The molecule has 1 aromatic heterocycles. The van der Waals surface area contributed by atoms with E-state index in [1.54, 1.807) is 17.8 Å². The molecule has 94 valence electrons. The standard InChI is InChI=1S/C11H12Cl2O2S2/c1-6-9(2-3-15-6)16-5-8(14)7-4-10(12)17-11(7)13/h4,6,9H,2-3,5H2,1H3. The summed E-state index contributed by atoms with van der Waals surface area (Å²) in [6, 6.07) is 1.64. The number of hydrogen-bond donors (Lipinski definition) is 0. The fraction of sp³-hybridized carbons (Fsp3) is 0.545. The van der Waals surface area contributed by atoms with E-state index < -0.39 is 0 Å². The van der Waals surface area contributed by atoms with Crippen LogP contribution >= 0.6 is 46.3 Å². The van der Waals surface area contributed by atoms with Crippen LogP contribution in [0.4, 0.5) is 0 Å². The number of ketones is 1. The lowest BCUT2D eigenvalue weighted by Gasteiger charge is -2.12. The molecule has 1 aliphatic heterocycles. The SMILES string of the molecule is CC1OCCC1SCC(=O)c1cc(Cl)sc1Cl. The largest absolute Gasteiger partial charge is 0.377 e. The van der Waals surface area contributed by atoms with E-state index in [4.69, 9.17) is 27.9 Å². The monoisotopic (exact) mass is 310 g/mol. The lowest BCUT2D eigenvalue weighted by molar-refractivity contribution is 0.102. The van der Waals surface area contributed by atoms with Gasteiger partial charge in [0.05, 0.1) is 16.2 Å². The van der Waals surface area contributed by atoms with Gasteiger partial charge in [0.2, 0.25) is 0 Å². The summed E-state index contributed by atoms with van der Waals surface area (Å²) in [6.07, 6.45) is 1.24. The van der Waals surface area contributed by atoms with Crippen LogP contribution in [0.2, 0.25) is 8.67 Å². The average Bonchev–Trinajstić information content (AvgIpc) is 2.81. The topological polar surface area (TPSA) is 26.3 Å². The predicted molar refractivity (Wildman–Crippen MR) is 74.9 cm³/mol. The molecule has 1 aliphatic rings. The summed E-state index contributed by atoms with van der Waals surface area (Å²) >= 11 is 14.6. The first-order valence-electron chi connectivity index (χ1n) is 5.29. The Morgan fingerprint density at radius 1 is 1.65 bits per heavy atom. The molecule has 1 aromatic rings. The summed E-state index contributed by atoms with van der Waals surface area (Å²) in [6.45, 7) is 2.83. The Labute approximate surface area is 119 Å². The number of thioether (sulfide) groups is 1. The van der Waals surface area contributed by atoms with Crippen molar-refractivity contribution in [2.75, 3.05) is 12.4 Å². The second-order valence-corrected chi connectivity index (χ2v) is 7.39. The van der Waals surface area contributed by atoms with Gasteiger partial charge in [0, 0.05) is 17.4 Å². The van der Waals surface area contributed by atoms with Crippen LogP contribution in [0.25, 0.3) is 0 Å². The van der Waals surface area contributed by atoms with Gasteiger partial charge in [0.1, 0.15) is 4.34 Å². The Morgan fingerprint density at radius 3 is 2.94 bits per heavy atom. The lowest BCUT2D eigenvalue weighted by Crippen LogP contribution is -2.16. The summed E-state index contributed by atoms with van der Waals surface area (Å²) in [5.74, 6) is 0.479. The van der Waals surface area contributed by atoms with E-state index in [2.05, 4.69) is 0 Å². The molecule has 0 amide bonds. The third-order valence-corrected chi connectivity index (χ3v) is 5.66. The predicted octanol–water partition coefficient (Wildman–Crippen LogP) is 4.15. The van der Waals surface area contributed by atoms with E-state index in [0.717, 1.165) is 13.0 Å². The molecule has 2 heterocycles. The maximum Gasteiger partial charge on any atom is 0.175 e. The molecule has 2 nitrogen and oxygen atoms in total. The van der Waals surface area contributed by atoms with Crippen LogP contribution < -0.4 is 0 Å². The molecule has 17 heavy (non-hydrogen) atoms. The van der Waals surface area contributed by atoms with Crippen molar-refractivity contribution >= 4 is 52.1 Å². The zero-order valence-corrected chi connectivity index (χ0v) is 12.4. The number of Topliss-reactive ketones (excluding diaryl/α,β-unsaturated/α-hetero) is 1. The van der Waals surface area contributed by atoms with Crippen molar-refractivity contribution in [2.24, 2.45) is 0 Å². The van der Waals surface area contributed by atoms with Crippen molar-refractivity contribution in [1.82, 2.24) is 0 Å². The van der Waals surface area contributed by atoms with Crippen molar-refractivity contribution in [1.29, 1.82) is 0 Å². The minimum absolute atomic E-state index is 0.0438. The minimum atomic E-state index is 0.0438. The number of carbonyl (C=O) groups excluding carboxylic acids is 1. The summed E-state index contributed by atoms with van der Waals surface area (Å²) in [4.78, 5) is 11.9. The van der Waals surface area contributed by atoms with Crippen LogP contribution in [0.15, 0.2) is 6.07 Å². The third-order valence-electron chi connectivity index (χ3n) is 2.69. The number of ether oxygens (including phenoxy) is 1. The summed E-state index contributed by atoms with van der Waals surface area (Å²) in [5, 5.41) is 0.409.